The first-order valence-corrected chi connectivity index (χ1v) is 7.76. The predicted molar refractivity (Wildman–Crippen MR) is 94.8 cm³/mol. The maximum atomic E-state index is 12.6. The van der Waals surface area contributed by atoms with Gasteiger partial charge in [0.2, 0.25) is 0 Å². The molecule has 2 aromatic heterocycles. The molecule has 4 heteroatoms. The quantitative estimate of drug-likeness (QED) is 0.581. The van der Waals surface area contributed by atoms with Gasteiger partial charge in [-0.2, -0.15) is 0 Å². The fourth-order valence-corrected chi connectivity index (χ4v) is 2.79. The lowest BCUT2D eigenvalue weighted by Crippen LogP contribution is -2.21. The predicted octanol–water partition coefficient (Wildman–Crippen LogP) is 3.51. The van der Waals surface area contributed by atoms with Crippen molar-refractivity contribution in [3.63, 3.8) is 0 Å². The summed E-state index contributed by atoms with van der Waals surface area (Å²) >= 11 is 0. The number of hydrogen-bond donors (Lipinski definition) is 0. The van der Waals surface area contributed by atoms with Crippen LogP contribution in [0.4, 0.5) is 0 Å². The van der Waals surface area contributed by atoms with Crippen LogP contribution in [0, 0.1) is 0 Å². The number of pyridine rings is 1. The van der Waals surface area contributed by atoms with E-state index in [1.165, 1.54) is 0 Å². The lowest BCUT2D eigenvalue weighted by Gasteiger charge is -2.08. The summed E-state index contributed by atoms with van der Waals surface area (Å²) in [6.07, 6.45) is 3.20. The molecule has 0 saturated carbocycles. The summed E-state index contributed by atoms with van der Waals surface area (Å²) in [5.41, 5.74) is 3.77. The zero-order chi connectivity index (χ0) is 16.4. The van der Waals surface area contributed by atoms with Crippen molar-refractivity contribution in [2.45, 2.75) is 6.54 Å². The molecular weight excluding hydrogens is 298 g/mol. The number of benzene rings is 2. The van der Waals surface area contributed by atoms with Crippen molar-refractivity contribution in [1.82, 2.24) is 14.5 Å². The summed E-state index contributed by atoms with van der Waals surface area (Å²) in [7, 11) is 0. The largest absolute Gasteiger partial charge is 0.294 e. The van der Waals surface area contributed by atoms with E-state index in [0.29, 0.717) is 17.6 Å². The van der Waals surface area contributed by atoms with E-state index in [-0.39, 0.29) is 5.56 Å². The highest BCUT2D eigenvalue weighted by atomic mass is 16.1. The third-order valence-corrected chi connectivity index (χ3v) is 3.98. The Balaban J connectivity index is 1.72. The molecule has 0 N–H and O–H groups in total. The van der Waals surface area contributed by atoms with Gasteiger partial charge in [-0.3, -0.25) is 9.36 Å². The van der Waals surface area contributed by atoms with E-state index in [4.69, 9.17) is 0 Å². The normalized spacial score (nSPS) is 10.8. The molecule has 0 atom stereocenters. The minimum Gasteiger partial charge on any atom is -0.294 e. The molecular formula is C20H15N3O. The Hall–Kier alpha value is -3.27. The maximum absolute atomic E-state index is 12.6. The van der Waals surface area contributed by atoms with E-state index in [0.717, 1.165) is 16.7 Å². The highest BCUT2D eigenvalue weighted by Crippen LogP contribution is 2.20. The van der Waals surface area contributed by atoms with E-state index < -0.39 is 0 Å². The summed E-state index contributed by atoms with van der Waals surface area (Å²) in [5, 5.41) is 0.541. The van der Waals surface area contributed by atoms with Crippen LogP contribution in [0.3, 0.4) is 0 Å². The second kappa shape index (κ2) is 6.08. The molecule has 0 aliphatic heterocycles. The molecule has 0 aliphatic carbocycles. The Kier molecular flexibility index (Phi) is 3.63. The lowest BCUT2D eigenvalue weighted by molar-refractivity contribution is 0.747. The number of rotatable bonds is 3. The molecule has 0 unspecified atom stereocenters. The average Bonchev–Trinajstić information content (AvgIpc) is 2.65. The van der Waals surface area contributed by atoms with Crippen molar-refractivity contribution in [3.05, 3.63) is 95.2 Å². The first kappa shape index (κ1) is 14.3. The van der Waals surface area contributed by atoms with Crippen molar-refractivity contribution in [2.24, 2.45) is 0 Å². The van der Waals surface area contributed by atoms with Crippen molar-refractivity contribution in [3.8, 4) is 11.1 Å². The molecule has 0 amide bonds. The molecule has 2 aromatic carbocycles. The van der Waals surface area contributed by atoms with Crippen LogP contribution in [-0.4, -0.2) is 14.5 Å². The minimum atomic E-state index is -0.0711. The Morgan fingerprint density at radius 2 is 1.67 bits per heavy atom. The number of hydrogen-bond acceptors (Lipinski definition) is 3. The Bertz CT molecular complexity index is 1050. The molecule has 4 nitrogen and oxygen atoms in total. The molecule has 2 heterocycles. The smallest absolute Gasteiger partial charge is 0.263 e. The fourth-order valence-electron chi connectivity index (χ4n) is 2.79. The second-order valence-electron chi connectivity index (χ2n) is 5.62. The molecule has 0 saturated heterocycles. The van der Waals surface area contributed by atoms with Crippen LogP contribution in [0.15, 0.2) is 84.0 Å². The second-order valence-corrected chi connectivity index (χ2v) is 5.62. The average molecular weight is 313 g/mol. The molecule has 0 bridgehead atoms. The topological polar surface area (TPSA) is 47.8 Å². The summed E-state index contributed by atoms with van der Waals surface area (Å²) in [6.45, 7) is 0.483. The van der Waals surface area contributed by atoms with Crippen LogP contribution in [0.1, 0.15) is 5.56 Å². The van der Waals surface area contributed by atoms with Gasteiger partial charge in [0.05, 0.1) is 11.9 Å². The van der Waals surface area contributed by atoms with Gasteiger partial charge in [0, 0.05) is 6.20 Å². The van der Waals surface area contributed by atoms with Gasteiger partial charge in [-0.05, 0) is 34.9 Å². The molecule has 0 fully saturated rings. The molecule has 0 radical (unpaired) electrons. The SMILES string of the molecule is O=c1c2cccnc2ncn1Cc1cccc(-c2ccccc2)c1. The molecule has 0 spiro atoms. The Morgan fingerprint density at radius 1 is 0.833 bits per heavy atom. The zero-order valence-electron chi connectivity index (χ0n) is 13.0. The first-order chi connectivity index (χ1) is 11.8. The maximum Gasteiger partial charge on any atom is 0.263 e. The van der Waals surface area contributed by atoms with E-state index in [1.54, 1.807) is 29.2 Å². The number of fused-ring (bicyclic) bond motifs is 1. The van der Waals surface area contributed by atoms with Crippen molar-refractivity contribution < 1.29 is 0 Å². The van der Waals surface area contributed by atoms with Gasteiger partial charge >= 0.3 is 0 Å². The number of nitrogens with zero attached hydrogens (tertiary/aromatic N) is 3. The monoisotopic (exact) mass is 313 g/mol. The Morgan fingerprint density at radius 3 is 2.54 bits per heavy atom. The molecule has 24 heavy (non-hydrogen) atoms. The Labute approximate surface area is 139 Å². The highest BCUT2D eigenvalue weighted by molar-refractivity contribution is 5.72. The lowest BCUT2D eigenvalue weighted by atomic mass is 10.0. The van der Waals surface area contributed by atoms with Crippen molar-refractivity contribution in [2.75, 3.05) is 0 Å². The molecule has 4 aromatic rings. The molecule has 0 aliphatic rings. The van der Waals surface area contributed by atoms with E-state index in [9.17, 15) is 4.79 Å². The zero-order valence-corrected chi connectivity index (χ0v) is 13.0. The van der Waals surface area contributed by atoms with Crippen molar-refractivity contribution in [1.29, 1.82) is 0 Å². The minimum absolute atomic E-state index is 0.0711. The third kappa shape index (κ3) is 2.70. The van der Waals surface area contributed by atoms with Gasteiger partial charge < -0.3 is 0 Å². The van der Waals surface area contributed by atoms with Crippen LogP contribution >= 0.6 is 0 Å². The van der Waals surface area contributed by atoms with E-state index in [2.05, 4.69) is 34.2 Å². The van der Waals surface area contributed by atoms with Gasteiger partial charge in [-0.25, -0.2) is 9.97 Å². The van der Waals surface area contributed by atoms with Crippen molar-refractivity contribution >= 4 is 11.0 Å². The van der Waals surface area contributed by atoms with Gasteiger partial charge in [0.25, 0.3) is 5.56 Å². The van der Waals surface area contributed by atoms with Gasteiger partial charge in [-0.1, -0.05) is 48.5 Å². The van der Waals surface area contributed by atoms with Gasteiger partial charge in [0.15, 0.2) is 5.65 Å². The summed E-state index contributed by atoms with van der Waals surface area (Å²) in [6, 6.07) is 21.9. The first-order valence-electron chi connectivity index (χ1n) is 7.76. The van der Waals surface area contributed by atoms with Crippen LogP contribution < -0.4 is 5.56 Å². The van der Waals surface area contributed by atoms with Gasteiger partial charge in [0.1, 0.15) is 6.33 Å². The summed E-state index contributed by atoms with van der Waals surface area (Å²) < 4.78 is 1.62. The van der Waals surface area contributed by atoms with E-state index in [1.807, 2.05) is 30.3 Å². The van der Waals surface area contributed by atoms with E-state index >= 15 is 0 Å². The summed E-state index contributed by atoms with van der Waals surface area (Å²) in [4.78, 5) is 21.0. The van der Waals surface area contributed by atoms with Crippen LogP contribution in [0.2, 0.25) is 0 Å². The highest BCUT2D eigenvalue weighted by Gasteiger charge is 2.06. The summed E-state index contributed by atoms with van der Waals surface area (Å²) in [5.74, 6) is 0. The molecule has 116 valence electrons. The van der Waals surface area contributed by atoms with Crippen LogP contribution in [-0.2, 0) is 6.54 Å². The van der Waals surface area contributed by atoms with Crippen LogP contribution in [0.5, 0.6) is 0 Å². The van der Waals surface area contributed by atoms with Gasteiger partial charge in [-0.15, -0.1) is 0 Å². The number of aromatic nitrogens is 3. The fraction of sp³-hybridized carbons (Fsp3) is 0.0500. The molecule has 4 rings (SSSR count). The van der Waals surface area contributed by atoms with Crippen LogP contribution in [0.25, 0.3) is 22.2 Å². The standard InChI is InChI=1S/C20H15N3O/c24-20-18-10-5-11-21-19(18)22-14-23(20)13-15-6-4-9-17(12-15)16-7-2-1-3-8-16/h1-12,14H,13H2. The third-order valence-electron chi connectivity index (χ3n) is 3.98.